The predicted octanol–water partition coefficient (Wildman–Crippen LogP) is 2.97. The first-order valence-corrected chi connectivity index (χ1v) is 4.90. The third-order valence-corrected chi connectivity index (χ3v) is 2.68. The van der Waals surface area contributed by atoms with Gasteiger partial charge in [-0.3, -0.25) is 9.36 Å². The summed E-state index contributed by atoms with van der Waals surface area (Å²) in [5, 5.41) is 11.0. The molecule has 15 heavy (non-hydrogen) atoms. The van der Waals surface area contributed by atoms with Gasteiger partial charge in [0.1, 0.15) is 5.75 Å². The fraction of sp³-hybridized carbons (Fsp3) is 0.182. The molecule has 0 saturated heterocycles. The molecule has 78 valence electrons. The van der Waals surface area contributed by atoms with E-state index in [9.17, 15) is 9.90 Å². The number of hydrogen-bond acceptors (Lipinski definition) is 2. The lowest BCUT2D eigenvalue weighted by Gasteiger charge is -2.01. The molecule has 0 radical (unpaired) electrons. The van der Waals surface area contributed by atoms with Gasteiger partial charge in [0.15, 0.2) is 0 Å². The first kappa shape index (κ1) is 10.1. The normalized spacial score (nSPS) is 10.9. The van der Waals surface area contributed by atoms with Gasteiger partial charge in [0, 0.05) is 17.3 Å². The maximum atomic E-state index is 11.4. The van der Waals surface area contributed by atoms with Crippen LogP contribution in [0.2, 0.25) is 5.02 Å². The van der Waals surface area contributed by atoms with Crippen molar-refractivity contribution in [3.63, 3.8) is 0 Å². The molecule has 0 aliphatic heterocycles. The Morgan fingerprint density at radius 1 is 1.47 bits per heavy atom. The van der Waals surface area contributed by atoms with Crippen LogP contribution in [-0.4, -0.2) is 15.6 Å². The van der Waals surface area contributed by atoms with Crippen LogP contribution in [0.1, 0.15) is 17.4 Å². The minimum atomic E-state index is -0.125. The number of nitrogens with zero attached hydrogens (tertiary/aromatic N) is 1. The lowest BCUT2D eigenvalue weighted by molar-refractivity contribution is 0.0939. The summed E-state index contributed by atoms with van der Waals surface area (Å²) in [5.41, 5.74) is 1.22. The highest BCUT2D eigenvalue weighted by atomic mass is 35.5. The lowest BCUT2D eigenvalue weighted by atomic mass is 10.2. The second-order valence-corrected chi connectivity index (χ2v) is 3.89. The van der Waals surface area contributed by atoms with Crippen LogP contribution in [-0.2, 0) is 0 Å². The highest BCUT2D eigenvalue weighted by Gasteiger charge is 2.15. The van der Waals surface area contributed by atoms with E-state index in [4.69, 9.17) is 11.6 Å². The maximum absolute atomic E-state index is 11.4. The first-order valence-electron chi connectivity index (χ1n) is 4.53. The van der Waals surface area contributed by atoms with Gasteiger partial charge >= 0.3 is 0 Å². The summed E-state index contributed by atoms with van der Waals surface area (Å²) >= 11 is 5.83. The summed E-state index contributed by atoms with van der Waals surface area (Å²) in [6, 6.07) is 5.08. The molecule has 2 aromatic rings. The van der Waals surface area contributed by atoms with Crippen molar-refractivity contribution < 1.29 is 9.90 Å². The van der Waals surface area contributed by atoms with Gasteiger partial charge in [-0.25, -0.2) is 0 Å². The molecular weight excluding hydrogens is 214 g/mol. The standard InChI is InChI=1S/C11H10ClNO2/c1-6-11(15)9-5-8(12)3-4-10(9)13(6)7(2)14/h3-5,15H,1-2H3. The number of carbonyl (C=O) groups excluding carboxylic acids is 1. The molecule has 0 atom stereocenters. The average Bonchev–Trinajstić information content (AvgIpc) is 2.41. The van der Waals surface area contributed by atoms with Crippen LogP contribution < -0.4 is 0 Å². The number of carbonyl (C=O) groups is 1. The van der Waals surface area contributed by atoms with Crippen LogP contribution in [0, 0.1) is 6.92 Å². The summed E-state index contributed by atoms with van der Waals surface area (Å²) < 4.78 is 1.47. The maximum Gasteiger partial charge on any atom is 0.228 e. The average molecular weight is 224 g/mol. The van der Waals surface area contributed by atoms with E-state index in [2.05, 4.69) is 0 Å². The number of fused-ring (bicyclic) bond motifs is 1. The van der Waals surface area contributed by atoms with Gasteiger partial charge in [-0.05, 0) is 25.1 Å². The number of aromatic nitrogens is 1. The summed E-state index contributed by atoms with van der Waals surface area (Å²) in [4.78, 5) is 11.4. The Bertz CT molecular complexity index is 557. The molecule has 1 aromatic carbocycles. The van der Waals surface area contributed by atoms with Crippen molar-refractivity contribution in [2.75, 3.05) is 0 Å². The minimum absolute atomic E-state index is 0.114. The molecule has 0 aliphatic carbocycles. The highest BCUT2D eigenvalue weighted by molar-refractivity contribution is 6.31. The van der Waals surface area contributed by atoms with E-state index in [0.29, 0.717) is 21.6 Å². The van der Waals surface area contributed by atoms with Gasteiger partial charge in [0.2, 0.25) is 5.91 Å². The Labute approximate surface area is 91.9 Å². The van der Waals surface area contributed by atoms with Crippen molar-refractivity contribution >= 4 is 28.4 Å². The zero-order chi connectivity index (χ0) is 11.2. The zero-order valence-electron chi connectivity index (χ0n) is 8.41. The Morgan fingerprint density at radius 3 is 2.73 bits per heavy atom. The number of rotatable bonds is 0. The summed E-state index contributed by atoms with van der Waals surface area (Å²) in [7, 11) is 0. The molecule has 0 spiro atoms. The van der Waals surface area contributed by atoms with E-state index < -0.39 is 0 Å². The van der Waals surface area contributed by atoms with Gasteiger partial charge in [-0.2, -0.15) is 0 Å². The van der Waals surface area contributed by atoms with Crippen LogP contribution in [0.5, 0.6) is 5.75 Å². The minimum Gasteiger partial charge on any atom is -0.505 e. The second kappa shape index (κ2) is 3.28. The molecule has 4 heteroatoms. The Balaban J connectivity index is 2.93. The lowest BCUT2D eigenvalue weighted by Crippen LogP contribution is -2.06. The fourth-order valence-electron chi connectivity index (χ4n) is 1.78. The number of benzene rings is 1. The Hall–Kier alpha value is -1.48. The molecule has 0 fully saturated rings. The Morgan fingerprint density at radius 2 is 2.13 bits per heavy atom. The smallest absolute Gasteiger partial charge is 0.228 e. The van der Waals surface area contributed by atoms with Crippen LogP contribution in [0.4, 0.5) is 0 Å². The topological polar surface area (TPSA) is 42.2 Å². The largest absolute Gasteiger partial charge is 0.505 e. The molecule has 1 aromatic heterocycles. The molecule has 1 heterocycles. The van der Waals surface area contributed by atoms with Gasteiger partial charge in [-0.15, -0.1) is 0 Å². The van der Waals surface area contributed by atoms with Gasteiger partial charge in [-0.1, -0.05) is 11.6 Å². The number of halogens is 1. The van der Waals surface area contributed by atoms with Crippen LogP contribution in [0.15, 0.2) is 18.2 Å². The third-order valence-electron chi connectivity index (χ3n) is 2.45. The van der Waals surface area contributed by atoms with E-state index >= 15 is 0 Å². The highest BCUT2D eigenvalue weighted by Crippen LogP contribution is 2.33. The van der Waals surface area contributed by atoms with Crippen molar-refractivity contribution in [1.82, 2.24) is 4.57 Å². The molecule has 0 bridgehead atoms. The van der Waals surface area contributed by atoms with Crippen LogP contribution in [0.25, 0.3) is 10.9 Å². The van der Waals surface area contributed by atoms with Gasteiger partial charge < -0.3 is 5.11 Å². The van der Waals surface area contributed by atoms with E-state index in [0.717, 1.165) is 0 Å². The van der Waals surface area contributed by atoms with Crippen molar-refractivity contribution in [3.8, 4) is 5.75 Å². The Kier molecular flexibility index (Phi) is 2.20. The molecule has 1 N–H and O–H groups in total. The molecule has 0 unspecified atom stereocenters. The molecule has 3 nitrogen and oxygen atoms in total. The SMILES string of the molecule is CC(=O)n1c(C)c(O)c2cc(Cl)ccc21. The van der Waals surface area contributed by atoms with Crippen LogP contribution >= 0.6 is 11.6 Å². The third kappa shape index (κ3) is 1.39. The fourth-order valence-corrected chi connectivity index (χ4v) is 1.95. The zero-order valence-corrected chi connectivity index (χ0v) is 9.17. The molecule has 2 rings (SSSR count). The second-order valence-electron chi connectivity index (χ2n) is 3.45. The molecule has 0 amide bonds. The quantitative estimate of drug-likeness (QED) is 0.746. The molecule has 0 saturated carbocycles. The van der Waals surface area contributed by atoms with E-state index in [-0.39, 0.29) is 11.7 Å². The predicted molar refractivity (Wildman–Crippen MR) is 59.7 cm³/mol. The summed E-state index contributed by atoms with van der Waals surface area (Å²) in [6.45, 7) is 3.16. The monoisotopic (exact) mass is 223 g/mol. The molecular formula is C11H10ClNO2. The van der Waals surface area contributed by atoms with Crippen molar-refractivity contribution in [2.45, 2.75) is 13.8 Å². The van der Waals surface area contributed by atoms with E-state index in [1.54, 1.807) is 25.1 Å². The summed E-state index contributed by atoms with van der Waals surface area (Å²) in [5.74, 6) is -0.0113. The van der Waals surface area contributed by atoms with Crippen LogP contribution in [0.3, 0.4) is 0 Å². The number of hydrogen-bond donors (Lipinski definition) is 1. The van der Waals surface area contributed by atoms with Gasteiger partial charge in [0.05, 0.1) is 11.2 Å². The van der Waals surface area contributed by atoms with Crippen molar-refractivity contribution in [3.05, 3.63) is 28.9 Å². The van der Waals surface area contributed by atoms with Crippen molar-refractivity contribution in [2.24, 2.45) is 0 Å². The first-order chi connectivity index (χ1) is 7.02. The molecule has 0 aliphatic rings. The van der Waals surface area contributed by atoms with Gasteiger partial charge in [0.25, 0.3) is 0 Å². The number of aromatic hydroxyl groups is 1. The van der Waals surface area contributed by atoms with E-state index in [1.807, 2.05) is 0 Å². The van der Waals surface area contributed by atoms with E-state index in [1.165, 1.54) is 11.5 Å². The van der Waals surface area contributed by atoms with Crippen molar-refractivity contribution in [1.29, 1.82) is 0 Å². The summed E-state index contributed by atoms with van der Waals surface area (Å²) in [6.07, 6.45) is 0.